The van der Waals surface area contributed by atoms with Crippen LogP contribution in [-0.4, -0.2) is 41.7 Å². The van der Waals surface area contributed by atoms with Gasteiger partial charge in [0.1, 0.15) is 0 Å². The SMILES string of the molecule is C#CCNS(=O)(=O)c1cccc(C(=O)Nc2cccc(-n3ccc(C(=O)O)n3)c2)c1. The lowest BCUT2D eigenvalue weighted by atomic mass is 10.2. The van der Waals surface area contributed by atoms with E-state index in [0.717, 1.165) is 0 Å². The van der Waals surface area contributed by atoms with Crippen molar-refractivity contribution >= 4 is 27.6 Å². The Kier molecular flexibility index (Phi) is 5.96. The van der Waals surface area contributed by atoms with Crippen molar-refractivity contribution in [1.82, 2.24) is 14.5 Å². The molecule has 3 rings (SSSR count). The predicted molar refractivity (Wildman–Crippen MR) is 109 cm³/mol. The molecule has 2 aromatic carbocycles. The quantitative estimate of drug-likeness (QED) is 0.495. The molecule has 3 N–H and O–H groups in total. The molecule has 1 heterocycles. The molecular formula is C20H16N4O5S. The Morgan fingerprint density at radius 3 is 2.60 bits per heavy atom. The summed E-state index contributed by atoms with van der Waals surface area (Å²) in [6.45, 7) is -0.164. The molecule has 0 atom stereocenters. The van der Waals surface area contributed by atoms with E-state index in [1.54, 1.807) is 24.3 Å². The third-order valence-electron chi connectivity index (χ3n) is 3.95. The topological polar surface area (TPSA) is 130 Å². The van der Waals surface area contributed by atoms with Gasteiger partial charge in [-0.25, -0.2) is 17.9 Å². The van der Waals surface area contributed by atoms with Crippen LogP contribution in [0.25, 0.3) is 5.69 Å². The van der Waals surface area contributed by atoms with Crippen LogP contribution in [0.5, 0.6) is 0 Å². The first-order chi connectivity index (χ1) is 14.3. The summed E-state index contributed by atoms with van der Waals surface area (Å²) >= 11 is 0. The smallest absolute Gasteiger partial charge is 0.356 e. The van der Waals surface area contributed by atoms with E-state index in [0.29, 0.717) is 11.4 Å². The molecule has 152 valence electrons. The highest BCUT2D eigenvalue weighted by molar-refractivity contribution is 7.89. The number of sulfonamides is 1. The number of aromatic carboxylic acids is 1. The predicted octanol–water partition coefficient (Wildman–Crippen LogP) is 1.73. The van der Waals surface area contributed by atoms with Gasteiger partial charge in [-0.15, -0.1) is 6.42 Å². The number of anilines is 1. The number of carboxylic acid groups (broad SMARTS) is 1. The van der Waals surface area contributed by atoms with Crippen LogP contribution in [0.3, 0.4) is 0 Å². The summed E-state index contributed by atoms with van der Waals surface area (Å²) in [7, 11) is -3.83. The van der Waals surface area contributed by atoms with Gasteiger partial charge in [-0.2, -0.15) is 9.82 Å². The maximum Gasteiger partial charge on any atom is 0.356 e. The number of carbonyl (C=O) groups excluding carboxylic acids is 1. The van der Waals surface area contributed by atoms with Crippen LogP contribution < -0.4 is 10.0 Å². The van der Waals surface area contributed by atoms with E-state index < -0.39 is 21.9 Å². The number of carbonyl (C=O) groups is 2. The zero-order valence-electron chi connectivity index (χ0n) is 15.4. The molecule has 0 fully saturated rings. The number of aromatic nitrogens is 2. The monoisotopic (exact) mass is 424 g/mol. The molecular weight excluding hydrogens is 408 g/mol. The fourth-order valence-electron chi connectivity index (χ4n) is 2.54. The lowest BCUT2D eigenvalue weighted by molar-refractivity contribution is 0.0689. The summed E-state index contributed by atoms with van der Waals surface area (Å²) in [5.74, 6) is 0.512. The van der Waals surface area contributed by atoms with Gasteiger partial charge < -0.3 is 10.4 Å². The van der Waals surface area contributed by atoms with Crippen LogP contribution in [-0.2, 0) is 10.0 Å². The number of benzene rings is 2. The van der Waals surface area contributed by atoms with Crippen molar-refractivity contribution in [2.75, 3.05) is 11.9 Å². The Bertz CT molecular complexity index is 1260. The van der Waals surface area contributed by atoms with Crippen LogP contribution in [0.1, 0.15) is 20.8 Å². The Labute approximate surface area is 172 Å². The Balaban J connectivity index is 1.80. The molecule has 10 heteroatoms. The maximum absolute atomic E-state index is 12.6. The zero-order chi connectivity index (χ0) is 21.7. The third-order valence-corrected chi connectivity index (χ3v) is 5.35. The molecule has 0 radical (unpaired) electrons. The first-order valence-electron chi connectivity index (χ1n) is 8.54. The average molecular weight is 424 g/mol. The van der Waals surface area contributed by atoms with Gasteiger partial charge in [-0.1, -0.05) is 18.1 Å². The van der Waals surface area contributed by atoms with E-state index in [2.05, 4.69) is 21.1 Å². The molecule has 0 bridgehead atoms. The summed E-state index contributed by atoms with van der Waals surface area (Å²) in [5, 5.41) is 15.6. The van der Waals surface area contributed by atoms with Crippen molar-refractivity contribution in [3.63, 3.8) is 0 Å². The van der Waals surface area contributed by atoms with Gasteiger partial charge in [-0.3, -0.25) is 4.79 Å². The lowest BCUT2D eigenvalue weighted by Gasteiger charge is -2.09. The van der Waals surface area contributed by atoms with Gasteiger partial charge in [0.25, 0.3) is 5.91 Å². The molecule has 30 heavy (non-hydrogen) atoms. The van der Waals surface area contributed by atoms with E-state index in [-0.39, 0.29) is 22.7 Å². The van der Waals surface area contributed by atoms with E-state index in [1.807, 2.05) is 0 Å². The second-order valence-electron chi connectivity index (χ2n) is 6.01. The molecule has 3 aromatic rings. The van der Waals surface area contributed by atoms with Crippen molar-refractivity contribution in [3.8, 4) is 18.0 Å². The van der Waals surface area contributed by atoms with E-state index in [9.17, 15) is 18.0 Å². The minimum Gasteiger partial charge on any atom is -0.476 e. The van der Waals surface area contributed by atoms with Crippen LogP contribution in [0.2, 0.25) is 0 Å². The van der Waals surface area contributed by atoms with Gasteiger partial charge in [0.05, 0.1) is 17.1 Å². The van der Waals surface area contributed by atoms with Crippen molar-refractivity contribution in [1.29, 1.82) is 0 Å². The average Bonchev–Trinajstić information content (AvgIpc) is 3.23. The zero-order valence-corrected chi connectivity index (χ0v) is 16.3. The third kappa shape index (κ3) is 4.72. The van der Waals surface area contributed by atoms with Crippen LogP contribution in [0, 0.1) is 12.3 Å². The molecule has 0 spiro atoms. The van der Waals surface area contributed by atoms with Gasteiger partial charge in [-0.05, 0) is 42.5 Å². The summed E-state index contributed by atoms with van der Waals surface area (Å²) in [5.41, 5.74) is 0.982. The summed E-state index contributed by atoms with van der Waals surface area (Å²) in [4.78, 5) is 23.5. The maximum atomic E-state index is 12.6. The standard InChI is InChI=1S/C20H16N4O5S/c1-2-10-21-30(28,29)17-8-3-5-14(12-17)19(25)22-15-6-4-7-16(13-15)24-11-9-18(23-24)20(26)27/h1,3-9,11-13,21H,10H2,(H,22,25)(H,26,27). The number of carboxylic acids is 1. The van der Waals surface area contributed by atoms with Crippen molar-refractivity contribution in [3.05, 3.63) is 72.1 Å². The molecule has 1 aromatic heterocycles. The summed E-state index contributed by atoms with van der Waals surface area (Å²) in [6.07, 6.45) is 6.56. The normalized spacial score (nSPS) is 10.9. The second-order valence-corrected chi connectivity index (χ2v) is 7.78. The molecule has 0 unspecified atom stereocenters. The number of terminal acetylenes is 1. The summed E-state index contributed by atoms with van der Waals surface area (Å²) in [6, 6.07) is 13.5. The number of hydrogen-bond acceptors (Lipinski definition) is 5. The number of nitrogens with one attached hydrogen (secondary N) is 2. The van der Waals surface area contributed by atoms with Gasteiger partial charge in [0.2, 0.25) is 10.0 Å². The Hall–Kier alpha value is -3.94. The Morgan fingerprint density at radius 2 is 1.90 bits per heavy atom. The van der Waals surface area contributed by atoms with Crippen LogP contribution >= 0.6 is 0 Å². The largest absolute Gasteiger partial charge is 0.476 e. The number of amides is 1. The number of nitrogens with zero attached hydrogens (tertiary/aromatic N) is 2. The first kappa shape index (κ1) is 20.8. The van der Waals surface area contributed by atoms with E-state index in [1.165, 1.54) is 41.2 Å². The molecule has 0 aliphatic rings. The molecule has 0 aliphatic heterocycles. The molecule has 1 amide bonds. The summed E-state index contributed by atoms with van der Waals surface area (Å²) < 4.78 is 28.0. The molecule has 0 aliphatic carbocycles. The van der Waals surface area contributed by atoms with Crippen molar-refractivity contribution in [2.45, 2.75) is 4.90 Å². The van der Waals surface area contributed by atoms with E-state index >= 15 is 0 Å². The highest BCUT2D eigenvalue weighted by atomic mass is 32.2. The van der Waals surface area contributed by atoms with Crippen LogP contribution in [0.4, 0.5) is 5.69 Å². The van der Waals surface area contributed by atoms with Crippen molar-refractivity contribution < 1.29 is 23.1 Å². The first-order valence-corrected chi connectivity index (χ1v) is 10.0. The van der Waals surface area contributed by atoms with Gasteiger partial charge in [0.15, 0.2) is 5.69 Å². The highest BCUT2D eigenvalue weighted by Gasteiger charge is 2.16. The molecule has 0 saturated heterocycles. The number of rotatable bonds is 7. The van der Waals surface area contributed by atoms with Crippen LogP contribution in [0.15, 0.2) is 65.7 Å². The Morgan fingerprint density at radius 1 is 1.13 bits per heavy atom. The van der Waals surface area contributed by atoms with E-state index in [4.69, 9.17) is 11.5 Å². The molecule has 9 nitrogen and oxygen atoms in total. The number of hydrogen-bond donors (Lipinski definition) is 3. The molecule has 0 saturated carbocycles. The highest BCUT2D eigenvalue weighted by Crippen LogP contribution is 2.17. The lowest BCUT2D eigenvalue weighted by Crippen LogP contribution is -2.24. The second kappa shape index (κ2) is 8.60. The van der Waals surface area contributed by atoms with Crippen molar-refractivity contribution in [2.24, 2.45) is 0 Å². The minimum atomic E-state index is -3.83. The van der Waals surface area contributed by atoms with Gasteiger partial charge in [0, 0.05) is 17.4 Å². The minimum absolute atomic E-state index is 0.0862. The van der Waals surface area contributed by atoms with Gasteiger partial charge >= 0.3 is 5.97 Å². The fraction of sp³-hybridized carbons (Fsp3) is 0.0500. The fourth-order valence-corrected chi connectivity index (χ4v) is 3.52.